The van der Waals surface area contributed by atoms with Crippen LogP contribution in [0.4, 0.5) is 0 Å². The van der Waals surface area contributed by atoms with Crippen molar-refractivity contribution in [3.05, 3.63) is 12.7 Å². The van der Waals surface area contributed by atoms with E-state index in [-0.39, 0.29) is 18.8 Å². The van der Waals surface area contributed by atoms with Gasteiger partial charge in [-0.05, 0) is 0 Å². The number of allylic oxidation sites excluding steroid dienone is 1. The maximum Gasteiger partial charge on any atom is 0.138 e. The van der Waals surface area contributed by atoms with Gasteiger partial charge >= 0.3 is 0 Å². The molecule has 46 valence electrons. The predicted molar refractivity (Wildman–Crippen MR) is 31.5 cm³/mol. The summed E-state index contributed by atoms with van der Waals surface area (Å²) in [5, 5.41) is 8.21. The summed E-state index contributed by atoms with van der Waals surface area (Å²) in [5.74, 6) is 0.0440. The molecule has 0 aromatic heterocycles. The molecule has 0 spiro atoms. The molecule has 0 aliphatic carbocycles. The van der Waals surface area contributed by atoms with E-state index in [1.54, 1.807) is 0 Å². The Labute approximate surface area is 48.8 Å². The Morgan fingerprint density at radius 2 is 2.38 bits per heavy atom. The molecule has 1 N–H and O–H groups in total. The van der Waals surface area contributed by atoms with Gasteiger partial charge in [0.1, 0.15) is 5.78 Å². The minimum Gasteiger partial charge on any atom is -0.396 e. The lowest BCUT2D eigenvalue weighted by Crippen LogP contribution is -1.97. The molecule has 0 radical (unpaired) electrons. The van der Waals surface area contributed by atoms with Crippen LogP contribution in [-0.2, 0) is 4.79 Å². The van der Waals surface area contributed by atoms with E-state index in [4.69, 9.17) is 5.11 Å². The smallest absolute Gasteiger partial charge is 0.138 e. The van der Waals surface area contributed by atoms with E-state index < -0.39 is 0 Å². The van der Waals surface area contributed by atoms with Crippen molar-refractivity contribution in [3.8, 4) is 0 Å². The van der Waals surface area contributed by atoms with Gasteiger partial charge in [0.2, 0.25) is 0 Å². The fraction of sp³-hybridized carbons (Fsp3) is 0.500. The third kappa shape index (κ3) is 3.56. The standard InChI is InChI=1S/C6H10O2/c1-2-3-6(8)4-5-7/h2,7H,1,3-5H2. The van der Waals surface area contributed by atoms with Gasteiger partial charge in [0, 0.05) is 19.4 Å². The first-order valence-corrected chi connectivity index (χ1v) is 2.54. The van der Waals surface area contributed by atoms with E-state index in [9.17, 15) is 4.79 Å². The lowest BCUT2D eigenvalue weighted by molar-refractivity contribution is -0.118. The highest BCUT2D eigenvalue weighted by Gasteiger charge is 1.93. The number of carbonyl (C=O) groups excluding carboxylic acids is 1. The first kappa shape index (κ1) is 7.37. The molecule has 0 rings (SSSR count). The number of rotatable bonds is 4. The zero-order valence-corrected chi connectivity index (χ0v) is 4.76. The van der Waals surface area contributed by atoms with Crippen LogP contribution >= 0.6 is 0 Å². The van der Waals surface area contributed by atoms with Gasteiger partial charge in [0.15, 0.2) is 0 Å². The molecule has 0 aromatic carbocycles. The van der Waals surface area contributed by atoms with Crippen molar-refractivity contribution in [2.75, 3.05) is 6.61 Å². The second-order valence-corrected chi connectivity index (χ2v) is 1.51. The van der Waals surface area contributed by atoms with Crippen molar-refractivity contribution in [1.82, 2.24) is 0 Å². The average Bonchev–Trinajstić information content (AvgIpc) is 1.68. The fourth-order valence-corrected chi connectivity index (χ4v) is 0.388. The molecule has 2 heteroatoms. The molecule has 0 fully saturated rings. The fourth-order valence-electron chi connectivity index (χ4n) is 0.388. The van der Waals surface area contributed by atoms with Gasteiger partial charge < -0.3 is 5.11 Å². The topological polar surface area (TPSA) is 37.3 Å². The SMILES string of the molecule is C=CCC(=O)CCO. The molecular formula is C6H10O2. The summed E-state index contributed by atoms with van der Waals surface area (Å²) in [6, 6.07) is 0. The lowest BCUT2D eigenvalue weighted by Gasteiger charge is -1.88. The summed E-state index contributed by atoms with van der Waals surface area (Å²) < 4.78 is 0. The number of carbonyl (C=O) groups is 1. The Morgan fingerprint density at radius 1 is 1.75 bits per heavy atom. The van der Waals surface area contributed by atoms with Crippen molar-refractivity contribution in [3.63, 3.8) is 0 Å². The van der Waals surface area contributed by atoms with Crippen molar-refractivity contribution in [2.24, 2.45) is 0 Å². The highest BCUT2D eigenvalue weighted by atomic mass is 16.3. The summed E-state index contributed by atoms with van der Waals surface area (Å²) in [4.78, 5) is 10.4. The zero-order chi connectivity index (χ0) is 6.41. The maximum atomic E-state index is 10.4. The van der Waals surface area contributed by atoms with Crippen LogP contribution < -0.4 is 0 Å². The lowest BCUT2D eigenvalue weighted by atomic mass is 10.2. The van der Waals surface area contributed by atoms with E-state index in [0.717, 1.165) is 0 Å². The second-order valence-electron chi connectivity index (χ2n) is 1.51. The third-order valence-corrected chi connectivity index (χ3v) is 0.763. The number of hydrogen-bond donors (Lipinski definition) is 1. The summed E-state index contributed by atoms with van der Waals surface area (Å²) in [5.41, 5.74) is 0. The van der Waals surface area contributed by atoms with Crippen molar-refractivity contribution in [2.45, 2.75) is 12.8 Å². The van der Waals surface area contributed by atoms with E-state index in [0.29, 0.717) is 6.42 Å². The number of ketones is 1. The predicted octanol–water partition coefficient (Wildman–Crippen LogP) is 0.514. The van der Waals surface area contributed by atoms with E-state index in [1.165, 1.54) is 6.08 Å². The highest BCUT2D eigenvalue weighted by molar-refractivity contribution is 5.79. The molecule has 0 atom stereocenters. The molecule has 0 saturated carbocycles. The van der Waals surface area contributed by atoms with Gasteiger partial charge in [-0.25, -0.2) is 0 Å². The van der Waals surface area contributed by atoms with Crippen LogP contribution in [0.15, 0.2) is 12.7 Å². The van der Waals surface area contributed by atoms with Crippen molar-refractivity contribution >= 4 is 5.78 Å². The largest absolute Gasteiger partial charge is 0.396 e. The van der Waals surface area contributed by atoms with Crippen LogP contribution in [0.3, 0.4) is 0 Å². The number of aliphatic hydroxyl groups is 1. The third-order valence-electron chi connectivity index (χ3n) is 0.763. The Morgan fingerprint density at radius 3 is 2.75 bits per heavy atom. The van der Waals surface area contributed by atoms with Gasteiger partial charge in [-0.15, -0.1) is 6.58 Å². The molecular weight excluding hydrogens is 104 g/mol. The number of aliphatic hydroxyl groups excluding tert-OH is 1. The van der Waals surface area contributed by atoms with Gasteiger partial charge in [0.25, 0.3) is 0 Å². The van der Waals surface area contributed by atoms with Gasteiger partial charge in [0.05, 0.1) is 0 Å². The molecule has 8 heavy (non-hydrogen) atoms. The Kier molecular flexibility index (Phi) is 4.17. The zero-order valence-electron chi connectivity index (χ0n) is 4.76. The normalized spacial score (nSPS) is 8.62. The highest BCUT2D eigenvalue weighted by Crippen LogP contribution is 1.87. The molecule has 2 nitrogen and oxygen atoms in total. The molecule has 0 aliphatic rings. The minimum atomic E-state index is -0.0489. The Bertz CT molecular complexity index is 86.5. The summed E-state index contributed by atoms with van der Waals surface area (Å²) in [7, 11) is 0. The van der Waals surface area contributed by atoms with Crippen LogP contribution in [0, 0.1) is 0 Å². The number of Topliss-reactive ketones (excluding diaryl/α,β-unsaturated/α-hetero) is 1. The molecule has 0 aromatic rings. The van der Waals surface area contributed by atoms with E-state index >= 15 is 0 Å². The second kappa shape index (κ2) is 4.53. The molecule has 0 saturated heterocycles. The first-order valence-electron chi connectivity index (χ1n) is 2.54. The van der Waals surface area contributed by atoms with Crippen LogP contribution in [0.1, 0.15) is 12.8 Å². The van der Waals surface area contributed by atoms with Crippen LogP contribution in [0.2, 0.25) is 0 Å². The average molecular weight is 114 g/mol. The Hall–Kier alpha value is -0.630. The van der Waals surface area contributed by atoms with Crippen LogP contribution in [0.25, 0.3) is 0 Å². The quantitative estimate of drug-likeness (QED) is 0.541. The molecule has 0 heterocycles. The van der Waals surface area contributed by atoms with Crippen molar-refractivity contribution in [1.29, 1.82) is 0 Å². The van der Waals surface area contributed by atoms with Gasteiger partial charge in [-0.3, -0.25) is 4.79 Å². The van der Waals surface area contributed by atoms with E-state index in [1.807, 2.05) is 0 Å². The van der Waals surface area contributed by atoms with Crippen LogP contribution in [-0.4, -0.2) is 17.5 Å². The van der Waals surface area contributed by atoms with Gasteiger partial charge in [-0.2, -0.15) is 0 Å². The minimum absolute atomic E-state index is 0.0440. The molecule has 0 unspecified atom stereocenters. The first-order chi connectivity index (χ1) is 3.81. The van der Waals surface area contributed by atoms with E-state index in [2.05, 4.69) is 6.58 Å². The van der Waals surface area contributed by atoms with Gasteiger partial charge in [-0.1, -0.05) is 6.08 Å². The Balaban J connectivity index is 3.18. The maximum absolute atomic E-state index is 10.4. The molecule has 0 aliphatic heterocycles. The summed E-state index contributed by atoms with van der Waals surface area (Å²) in [6.45, 7) is 3.33. The summed E-state index contributed by atoms with van der Waals surface area (Å²) in [6.07, 6.45) is 2.17. The number of hydrogen-bond acceptors (Lipinski definition) is 2. The van der Waals surface area contributed by atoms with Crippen molar-refractivity contribution < 1.29 is 9.90 Å². The molecule has 0 bridgehead atoms. The van der Waals surface area contributed by atoms with Crippen LogP contribution in [0.5, 0.6) is 0 Å². The molecule has 0 amide bonds. The summed E-state index contributed by atoms with van der Waals surface area (Å²) >= 11 is 0. The monoisotopic (exact) mass is 114 g/mol.